The zero-order chi connectivity index (χ0) is 19.4. The lowest BCUT2D eigenvalue weighted by atomic mass is 9.94. The Kier molecular flexibility index (Phi) is 5.91. The Labute approximate surface area is 160 Å². The molecule has 0 saturated carbocycles. The van der Waals surface area contributed by atoms with E-state index in [0.717, 1.165) is 30.9 Å². The van der Waals surface area contributed by atoms with E-state index in [1.54, 1.807) is 14.0 Å². The molecule has 144 valence electrons. The van der Waals surface area contributed by atoms with Crippen LogP contribution in [0.5, 0.6) is 5.75 Å². The summed E-state index contributed by atoms with van der Waals surface area (Å²) < 4.78 is 5.25. The molecule has 7 nitrogen and oxygen atoms in total. The van der Waals surface area contributed by atoms with Crippen molar-refractivity contribution >= 4 is 11.9 Å². The van der Waals surface area contributed by atoms with Crippen LogP contribution in [0, 0.1) is 0 Å². The number of ether oxygens (including phenoxy) is 1. The number of rotatable bonds is 6. The number of aromatic nitrogens is 2. The summed E-state index contributed by atoms with van der Waals surface area (Å²) >= 11 is 0. The van der Waals surface area contributed by atoms with Gasteiger partial charge in [-0.2, -0.15) is 0 Å². The fourth-order valence-electron chi connectivity index (χ4n) is 3.53. The number of carbonyl (C=O) groups excluding carboxylic acids is 1. The SMILES string of the molecule is COc1ccc([C@@H]2CN(Cc3cnc(N(C)C)nc3)C[C@H]2NC(C)=O)cc1. The van der Waals surface area contributed by atoms with Crippen LogP contribution in [0.1, 0.15) is 24.0 Å². The van der Waals surface area contributed by atoms with Gasteiger partial charge in [-0.3, -0.25) is 9.69 Å². The van der Waals surface area contributed by atoms with E-state index in [-0.39, 0.29) is 17.9 Å². The number of methoxy groups -OCH3 is 1. The smallest absolute Gasteiger partial charge is 0.224 e. The van der Waals surface area contributed by atoms with Crippen molar-refractivity contribution in [2.24, 2.45) is 0 Å². The highest BCUT2D eigenvalue weighted by atomic mass is 16.5. The van der Waals surface area contributed by atoms with Crippen LogP contribution in [0.4, 0.5) is 5.95 Å². The number of carbonyl (C=O) groups is 1. The number of likely N-dealkylation sites (tertiary alicyclic amines) is 1. The number of nitrogens with zero attached hydrogens (tertiary/aromatic N) is 4. The molecule has 1 aliphatic heterocycles. The highest BCUT2D eigenvalue weighted by Gasteiger charge is 2.34. The molecular formula is C20H27N5O2. The van der Waals surface area contributed by atoms with Crippen molar-refractivity contribution in [1.82, 2.24) is 20.2 Å². The summed E-state index contributed by atoms with van der Waals surface area (Å²) in [5, 5.41) is 3.11. The van der Waals surface area contributed by atoms with Crippen LogP contribution in [0.2, 0.25) is 0 Å². The van der Waals surface area contributed by atoms with Crippen molar-refractivity contribution in [3.05, 3.63) is 47.8 Å². The van der Waals surface area contributed by atoms with Gasteiger partial charge in [0.15, 0.2) is 0 Å². The summed E-state index contributed by atoms with van der Waals surface area (Å²) in [6.45, 7) is 4.00. The molecule has 0 bridgehead atoms. The Bertz CT molecular complexity index is 761. The van der Waals surface area contributed by atoms with Crippen LogP contribution in [0.15, 0.2) is 36.7 Å². The van der Waals surface area contributed by atoms with E-state index in [0.29, 0.717) is 5.95 Å². The molecule has 3 rings (SSSR count). The number of anilines is 1. The number of benzene rings is 1. The van der Waals surface area contributed by atoms with E-state index in [1.807, 2.05) is 43.5 Å². The second kappa shape index (κ2) is 8.35. The van der Waals surface area contributed by atoms with E-state index in [2.05, 4.69) is 32.3 Å². The largest absolute Gasteiger partial charge is 0.497 e. The third kappa shape index (κ3) is 4.74. The summed E-state index contributed by atoms with van der Waals surface area (Å²) in [4.78, 5) is 24.7. The molecule has 2 atom stereocenters. The van der Waals surface area contributed by atoms with Gasteiger partial charge in [-0.25, -0.2) is 9.97 Å². The molecule has 0 unspecified atom stereocenters. The third-order valence-electron chi connectivity index (χ3n) is 4.83. The topological polar surface area (TPSA) is 70.6 Å². The second-order valence-corrected chi connectivity index (χ2v) is 7.17. The summed E-state index contributed by atoms with van der Waals surface area (Å²) in [5.41, 5.74) is 2.27. The van der Waals surface area contributed by atoms with Crippen LogP contribution in [-0.4, -0.2) is 61.1 Å². The number of hydrogen-bond acceptors (Lipinski definition) is 6. The molecule has 1 aromatic carbocycles. The second-order valence-electron chi connectivity index (χ2n) is 7.17. The van der Waals surface area contributed by atoms with E-state index in [1.165, 1.54) is 5.56 Å². The molecule has 0 spiro atoms. The van der Waals surface area contributed by atoms with E-state index in [4.69, 9.17) is 4.74 Å². The highest BCUT2D eigenvalue weighted by molar-refractivity contribution is 5.73. The first-order valence-corrected chi connectivity index (χ1v) is 9.08. The lowest BCUT2D eigenvalue weighted by Crippen LogP contribution is -2.38. The highest BCUT2D eigenvalue weighted by Crippen LogP contribution is 2.30. The first-order chi connectivity index (χ1) is 13.0. The van der Waals surface area contributed by atoms with Crippen LogP contribution in [-0.2, 0) is 11.3 Å². The van der Waals surface area contributed by atoms with Crippen molar-refractivity contribution in [3.8, 4) is 5.75 Å². The zero-order valence-corrected chi connectivity index (χ0v) is 16.3. The lowest BCUT2D eigenvalue weighted by Gasteiger charge is -2.19. The molecule has 1 aromatic heterocycles. The maximum atomic E-state index is 11.7. The van der Waals surface area contributed by atoms with Gasteiger partial charge in [0.05, 0.1) is 7.11 Å². The number of nitrogens with one attached hydrogen (secondary N) is 1. The minimum Gasteiger partial charge on any atom is -0.497 e. The normalized spacial score (nSPS) is 19.7. The molecular weight excluding hydrogens is 342 g/mol. The Hall–Kier alpha value is -2.67. The van der Waals surface area contributed by atoms with Gasteiger partial charge in [-0.1, -0.05) is 12.1 Å². The predicted molar refractivity (Wildman–Crippen MR) is 105 cm³/mol. The maximum absolute atomic E-state index is 11.7. The minimum atomic E-state index is -0.000897. The zero-order valence-electron chi connectivity index (χ0n) is 16.3. The molecule has 0 aliphatic carbocycles. The van der Waals surface area contributed by atoms with Gasteiger partial charge >= 0.3 is 0 Å². The molecule has 1 N–H and O–H groups in total. The van der Waals surface area contributed by atoms with Crippen LogP contribution < -0.4 is 15.0 Å². The molecule has 27 heavy (non-hydrogen) atoms. The van der Waals surface area contributed by atoms with Crippen LogP contribution in [0.3, 0.4) is 0 Å². The Morgan fingerprint density at radius 2 is 1.89 bits per heavy atom. The standard InChI is InChI=1S/C20H27N5O2/c1-14(26)23-19-13-25(11-15-9-21-20(22-10-15)24(2)3)12-18(19)16-5-7-17(27-4)8-6-16/h5-10,18-19H,11-13H2,1-4H3,(H,23,26)/t18-,19+/m0/s1. The first-order valence-electron chi connectivity index (χ1n) is 9.08. The van der Waals surface area contributed by atoms with Gasteiger partial charge in [0.2, 0.25) is 11.9 Å². The van der Waals surface area contributed by atoms with Crippen molar-refractivity contribution in [2.75, 3.05) is 39.2 Å². The first kappa shape index (κ1) is 19.1. The van der Waals surface area contributed by atoms with Crippen molar-refractivity contribution in [2.45, 2.75) is 25.4 Å². The fourth-order valence-corrected chi connectivity index (χ4v) is 3.53. The predicted octanol–water partition coefficient (Wildman–Crippen LogP) is 1.66. The summed E-state index contributed by atoms with van der Waals surface area (Å²) in [6.07, 6.45) is 3.74. The number of hydrogen-bond donors (Lipinski definition) is 1. The summed E-state index contributed by atoms with van der Waals surface area (Å²) in [6, 6.07) is 8.18. The van der Waals surface area contributed by atoms with E-state index >= 15 is 0 Å². The average molecular weight is 369 g/mol. The van der Waals surface area contributed by atoms with Gasteiger partial charge in [0.1, 0.15) is 5.75 Å². The summed E-state index contributed by atoms with van der Waals surface area (Å²) in [5.74, 6) is 1.77. The van der Waals surface area contributed by atoms with Crippen LogP contribution in [0.25, 0.3) is 0 Å². The molecule has 1 amide bonds. The molecule has 0 radical (unpaired) electrons. The molecule has 2 heterocycles. The van der Waals surface area contributed by atoms with E-state index < -0.39 is 0 Å². The fraction of sp³-hybridized carbons (Fsp3) is 0.450. The van der Waals surface area contributed by atoms with Crippen molar-refractivity contribution in [1.29, 1.82) is 0 Å². The molecule has 2 aromatic rings. The molecule has 1 aliphatic rings. The minimum absolute atomic E-state index is 0.000897. The Morgan fingerprint density at radius 3 is 2.44 bits per heavy atom. The number of amides is 1. The van der Waals surface area contributed by atoms with Gasteiger partial charge in [-0.15, -0.1) is 0 Å². The Morgan fingerprint density at radius 1 is 1.22 bits per heavy atom. The van der Waals surface area contributed by atoms with Gasteiger partial charge < -0.3 is 15.0 Å². The van der Waals surface area contributed by atoms with Crippen molar-refractivity contribution < 1.29 is 9.53 Å². The lowest BCUT2D eigenvalue weighted by molar-refractivity contribution is -0.119. The van der Waals surface area contributed by atoms with Crippen LogP contribution >= 0.6 is 0 Å². The maximum Gasteiger partial charge on any atom is 0.224 e. The monoisotopic (exact) mass is 369 g/mol. The van der Waals surface area contributed by atoms with Gasteiger partial charge in [-0.05, 0) is 17.7 Å². The third-order valence-corrected chi connectivity index (χ3v) is 4.83. The quantitative estimate of drug-likeness (QED) is 0.835. The van der Waals surface area contributed by atoms with Gasteiger partial charge in [0, 0.05) is 70.6 Å². The van der Waals surface area contributed by atoms with Gasteiger partial charge in [0.25, 0.3) is 0 Å². The average Bonchev–Trinajstić information content (AvgIpc) is 3.03. The van der Waals surface area contributed by atoms with Crippen molar-refractivity contribution in [3.63, 3.8) is 0 Å². The molecule has 7 heteroatoms. The van der Waals surface area contributed by atoms with E-state index in [9.17, 15) is 4.79 Å². The Balaban J connectivity index is 1.72. The molecule has 1 saturated heterocycles. The summed E-state index contributed by atoms with van der Waals surface area (Å²) in [7, 11) is 5.51. The molecule has 1 fully saturated rings.